The number of nitrogens with one attached hydrogen (secondary N) is 3. The first-order valence-corrected chi connectivity index (χ1v) is 14.0. The zero-order valence-electron chi connectivity index (χ0n) is 23.8. The van der Waals surface area contributed by atoms with Gasteiger partial charge < -0.3 is 34.4 Å². The summed E-state index contributed by atoms with van der Waals surface area (Å²) in [4.78, 5) is 41.1. The van der Waals surface area contributed by atoms with Crippen molar-refractivity contribution in [2.75, 3.05) is 50.0 Å². The Hall–Kier alpha value is -4.32. The highest BCUT2D eigenvalue weighted by atomic mass is 35.5. The van der Waals surface area contributed by atoms with E-state index in [4.69, 9.17) is 16.3 Å². The van der Waals surface area contributed by atoms with Crippen molar-refractivity contribution in [3.05, 3.63) is 83.2 Å². The van der Waals surface area contributed by atoms with Crippen molar-refractivity contribution in [3.63, 3.8) is 0 Å². The van der Waals surface area contributed by atoms with Gasteiger partial charge in [-0.3, -0.25) is 19.3 Å². The summed E-state index contributed by atoms with van der Waals surface area (Å²) in [5, 5.41) is 9.31. The van der Waals surface area contributed by atoms with E-state index in [1.54, 1.807) is 77.6 Å². The zero-order valence-corrected chi connectivity index (χ0v) is 24.6. The summed E-state index contributed by atoms with van der Waals surface area (Å²) in [6.45, 7) is 4.42. The van der Waals surface area contributed by atoms with Gasteiger partial charge in [0.25, 0.3) is 17.7 Å². The Morgan fingerprint density at radius 3 is 1.86 bits per heavy atom. The third-order valence-electron chi connectivity index (χ3n) is 7.22. The van der Waals surface area contributed by atoms with E-state index in [0.717, 1.165) is 30.8 Å². The SMILES string of the molecule is Cn1cc(NC(=O)c2cc(NC(=O)c3cc(-c4ccc(Cl)cc4)cn3C)cn2C)cc1C(=O)NCCN1CCOCC1. The molecule has 0 aliphatic carbocycles. The monoisotopic (exact) mass is 591 g/mol. The average Bonchev–Trinajstić information content (AvgIpc) is 3.65. The van der Waals surface area contributed by atoms with E-state index >= 15 is 0 Å². The molecule has 3 aromatic heterocycles. The molecule has 1 fully saturated rings. The number of aryl methyl sites for hydroxylation is 3. The molecule has 4 aromatic rings. The van der Waals surface area contributed by atoms with Crippen molar-refractivity contribution in [2.24, 2.45) is 21.1 Å². The number of amides is 3. The number of aromatic nitrogens is 3. The van der Waals surface area contributed by atoms with Crippen LogP contribution in [0.1, 0.15) is 31.5 Å². The number of nitrogens with zero attached hydrogens (tertiary/aromatic N) is 4. The van der Waals surface area contributed by atoms with Crippen molar-refractivity contribution in [2.45, 2.75) is 0 Å². The highest BCUT2D eigenvalue weighted by Gasteiger charge is 2.19. The lowest BCUT2D eigenvalue weighted by Gasteiger charge is -2.26. The molecule has 11 nitrogen and oxygen atoms in total. The number of benzene rings is 1. The molecule has 3 N–H and O–H groups in total. The number of carbonyl (C=O) groups is 3. The fourth-order valence-electron chi connectivity index (χ4n) is 4.94. The van der Waals surface area contributed by atoms with Gasteiger partial charge in [-0.1, -0.05) is 23.7 Å². The van der Waals surface area contributed by atoms with Crippen molar-refractivity contribution >= 4 is 40.7 Å². The first-order valence-electron chi connectivity index (χ1n) is 13.6. The van der Waals surface area contributed by atoms with Gasteiger partial charge in [-0.25, -0.2) is 0 Å². The summed E-state index contributed by atoms with van der Waals surface area (Å²) < 4.78 is 10.4. The van der Waals surface area contributed by atoms with Gasteiger partial charge in [0.2, 0.25) is 0 Å². The van der Waals surface area contributed by atoms with Gasteiger partial charge in [0.05, 0.1) is 24.6 Å². The van der Waals surface area contributed by atoms with Gasteiger partial charge in [-0.05, 0) is 35.9 Å². The van der Waals surface area contributed by atoms with E-state index in [0.29, 0.717) is 53.2 Å². The number of rotatable bonds is 9. The van der Waals surface area contributed by atoms with Gasteiger partial charge >= 0.3 is 0 Å². The molecule has 0 unspecified atom stereocenters. The minimum atomic E-state index is -0.369. The van der Waals surface area contributed by atoms with Gasteiger partial charge in [-0.15, -0.1) is 0 Å². The maximum atomic E-state index is 13.1. The summed E-state index contributed by atoms with van der Waals surface area (Å²) in [6.07, 6.45) is 5.24. The molecular formula is C30H34ClN7O4. The van der Waals surface area contributed by atoms with E-state index in [2.05, 4.69) is 20.9 Å². The Labute approximate surface area is 249 Å². The van der Waals surface area contributed by atoms with Crippen LogP contribution in [0.25, 0.3) is 11.1 Å². The van der Waals surface area contributed by atoms with E-state index in [-0.39, 0.29) is 17.7 Å². The second-order valence-electron chi connectivity index (χ2n) is 10.3. The standard InChI is InChI=1S/C30H34ClN7O4/c1-35-17-21(20-4-6-22(31)7-5-20)14-25(35)29(40)33-24-16-27(37(3)19-24)30(41)34-23-15-26(36(2)18-23)28(39)32-8-9-38-10-12-42-13-11-38/h4-7,14-19H,8-13H2,1-3H3,(H,32,39)(H,33,40)(H,34,41). The Kier molecular flexibility index (Phi) is 8.81. The molecule has 1 aromatic carbocycles. The summed E-state index contributed by atoms with van der Waals surface area (Å²) in [7, 11) is 5.28. The lowest BCUT2D eigenvalue weighted by Crippen LogP contribution is -2.41. The predicted octanol–water partition coefficient (Wildman–Crippen LogP) is 3.59. The average molecular weight is 592 g/mol. The molecule has 220 valence electrons. The molecule has 3 amide bonds. The van der Waals surface area contributed by atoms with Crippen LogP contribution in [-0.4, -0.2) is 75.7 Å². The number of hydrogen-bond donors (Lipinski definition) is 3. The molecule has 0 atom stereocenters. The second kappa shape index (κ2) is 12.7. The Bertz CT molecular complexity index is 1600. The topological polar surface area (TPSA) is 115 Å². The number of morpholine rings is 1. The van der Waals surface area contributed by atoms with Crippen LogP contribution in [0.5, 0.6) is 0 Å². The molecule has 42 heavy (non-hydrogen) atoms. The Balaban J connectivity index is 1.19. The number of halogens is 1. The molecule has 5 rings (SSSR count). The Morgan fingerprint density at radius 2 is 1.26 bits per heavy atom. The molecule has 4 heterocycles. The third kappa shape index (κ3) is 6.76. The van der Waals surface area contributed by atoms with Crippen LogP contribution in [0.3, 0.4) is 0 Å². The fraction of sp³-hybridized carbons (Fsp3) is 0.300. The minimum Gasteiger partial charge on any atom is -0.379 e. The highest BCUT2D eigenvalue weighted by molar-refractivity contribution is 6.30. The molecule has 0 spiro atoms. The molecule has 1 aliphatic rings. The predicted molar refractivity (Wildman–Crippen MR) is 162 cm³/mol. The first-order chi connectivity index (χ1) is 20.2. The van der Waals surface area contributed by atoms with Crippen LogP contribution in [0.15, 0.2) is 61.1 Å². The smallest absolute Gasteiger partial charge is 0.272 e. The summed E-state index contributed by atoms with van der Waals surface area (Å²) >= 11 is 6.00. The molecule has 1 aliphatic heterocycles. The van der Waals surface area contributed by atoms with E-state index < -0.39 is 0 Å². The zero-order chi connectivity index (χ0) is 29.8. The summed E-state index contributed by atoms with van der Waals surface area (Å²) in [5.74, 6) is -0.885. The first kappa shape index (κ1) is 29.2. The molecule has 0 radical (unpaired) electrons. The third-order valence-corrected chi connectivity index (χ3v) is 7.48. The Morgan fingerprint density at radius 1 is 0.738 bits per heavy atom. The maximum Gasteiger partial charge on any atom is 0.272 e. The van der Waals surface area contributed by atoms with Gasteiger partial charge in [-0.2, -0.15) is 0 Å². The molecular weight excluding hydrogens is 558 g/mol. The van der Waals surface area contributed by atoms with Crippen LogP contribution in [0.4, 0.5) is 11.4 Å². The highest BCUT2D eigenvalue weighted by Crippen LogP contribution is 2.25. The van der Waals surface area contributed by atoms with Crippen molar-refractivity contribution < 1.29 is 19.1 Å². The number of anilines is 2. The van der Waals surface area contributed by atoms with E-state index in [1.165, 1.54) is 0 Å². The van der Waals surface area contributed by atoms with Crippen LogP contribution in [-0.2, 0) is 25.9 Å². The lowest BCUT2D eigenvalue weighted by molar-refractivity contribution is 0.0383. The van der Waals surface area contributed by atoms with Crippen molar-refractivity contribution in [3.8, 4) is 11.1 Å². The van der Waals surface area contributed by atoms with Gasteiger partial charge in [0, 0.05) is 76.5 Å². The maximum absolute atomic E-state index is 13.1. The van der Waals surface area contributed by atoms with Gasteiger partial charge in [0.1, 0.15) is 17.1 Å². The van der Waals surface area contributed by atoms with E-state index in [9.17, 15) is 14.4 Å². The number of carbonyl (C=O) groups excluding carboxylic acids is 3. The molecule has 1 saturated heterocycles. The van der Waals surface area contributed by atoms with Crippen LogP contribution >= 0.6 is 11.6 Å². The van der Waals surface area contributed by atoms with Crippen molar-refractivity contribution in [1.29, 1.82) is 0 Å². The molecule has 0 bridgehead atoms. The van der Waals surface area contributed by atoms with Gasteiger partial charge in [0.15, 0.2) is 0 Å². The molecule has 12 heteroatoms. The van der Waals surface area contributed by atoms with E-state index in [1.807, 2.05) is 18.3 Å². The van der Waals surface area contributed by atoms with Crippen molar-refractivity contribution in [1.82, 2.24) is 23.9 Å². The summed E-state index contributed by atoms with van der Waals surface area (Å²) in [5.41, 5.74) is 4.06. The second-order valence-corrected chi connectivity index (χ2v) is 10.7. The minimum absolute atomic E-state index is 0.213. The lowest BCUT2D eigenvalue weighted by atomic mass is 10.1. The van der Waals surface area contributed by atoms with Crippen LogP contribution < -0.4 is 16.0 Å². The number of hydrogen-bond acceptors (Lipinski definition) is 5. The largest absolute Gasteiger partial charge is 0.379 e. The number of ether oxygens (including phenoxy) is 1. The van der Waals surface area contributed by atoms with Crippen LogP contribution in [0, 0.1) is 0 Å². The molecule has 0 saturated carbocycles. The normalized spacial score (nSPS) is 13.6. The summed E-state index contributed by atoms with van der Waals surface area (Å²) in [6, 6.07) is 12.5. The fourth-order valence-corrected chi connectivity index (χ4v) is 5.07. The van der Waals surface area contributed by atoms with Crippen LogP contribution in [0.2, 0.25) is 5.02 Å². The quantitative estimate of drug-likeness (QED) is 0.275.